The average molecular weight is 463 g/mol. The van der Waals surface area contributed by atoms with E-state index in [0.717, 1.165) is 42.2 Å². The average Bonchev–Trinajstić information content (AvgIpc) is 3.19. The van der Waals surface area contributed by atoms with Crippen LogP contribution in [0.1, 0.15) is 24.8 Å². The molecule has 9 heteroatoms. The van der Waals surface area contributed by atoms with Crippen molar-refractivity contribution < 1.29 is 14.4 Å². The number of piperidine rings is 1. The zero-order valence-corrected chi connectivity index (χ0v) is 18.4. The molecule has 1 spiro atoms. The molecule has 0 saturated carbocycles. The van der Waals surface area contributed by atoms with Gasteiger partial charge in [-0.2, -0.15) is 0 Å². The molecule has 2 amide bonds. The van der Waals surface area contributed by atoms with Crippen LogP contribution in [0.2, 0.25) is 10.0 Å². The highest BCUT2D eigenvalue weighted by Gasteiger charge is 2.43. The van der Waals surface area contributed by atoms with E-state index in [4.69, 9.17) is 32.8 Å². The summed E-state index contributed by atoms with van der Waals surface area (Å²) in [4.78, 5) is 29.1. The summed E-state index contributed by atoms with van der Waals surface area (Å²) >= 11 is 11.9. The number of halogens is 2. The molecule has 2 aromatic rings. The minimum atomic E-state index is -0.365. The second kappa shape index (κ2) is 10.5. The highest BCUT2D eigenvalue weighted by Crippen LogP contribution is 2.36. The van der Waals surface area contributed by atoms with Crippen LogP contribution in [0.15, 0.2) is 53.7 Å². The lowest BCUT2D eigenvalue weighted by Gasteiger charge is -2.38. The van der Waals surface area contributed by atoms with Gasteiger partial charge in [-0.3, -0.25) is 9.59 Å². The smallest absolute Gasteiger partial charge is 0.269 e. The highest BCUT2D eigenvalue weighted by atomic mass is 35.5. The van der Waals surface area contributed by atoms with E-state index in [-0.39, 0.29) is 17.9 Å². The van der Waals surface area contributed by atoms with E-state index >= 15 is 0 Å². The van der Waals surface area contributed by atoms with Crippen LogP contribution < -0.4 is 16.0 Å². The number of oxime groups is 1. The van der Waals surface area contributed by atoms with Crippen LogP contribution in [0, 0.1) is 0 Å². The zero-order valence-electron chi connectivity index (χ0n) is 16.9. The molecule has 3 N–H and O–H groups in total. The Hall–Kier alpha value is -2.77. The fourth-order valence-electron chi connectivity index (χ4n) is 3.62. The molecule has 0 bridgehead atoms. The molecular formula is C22H24Cl2N4O3. The maximum atomic E-state index is 12.5. The van der Waals surface area contributed by atoms with Crippen molar-refractivity contribution in [1.29, 1.82) is 0 Å². The van der Waals surface area contributed by atoms with E-state index in [9.17, 15) is 4.79 Å². The first-order valence-corrected chi connectivity index (χ1v) is 10.6. The summed E-state index contributed by atoms with van der Waals surface area (Å²) in [6, 6.07) is 15.3. The molecule has 0 radical (unpaired) electrons. The summed E-state index contributed by atoms with van der Waals surface area (Å²) in [7, 11) is 0. The molecule has 0 atom stereocenters. The lowest BCUT2D eigenvalue weighted by molar-refractivity contribution is -0.115. The molecule has 1 fully saturated rings. The van der Waals surface area contributed by atoms with E-state index in [0.29, 0.717) is 23.7 Å². The van der Waals surface area contributed by atoms with Crippen LogP contribution in [0.4, 0.5) is 5.69 Å². The van der Waals surface area contributed by atoms with Crippen LogP contribution >= 0.6 is 23.2 Å². The fourth-order valence-corrected chi connectivity index (χ4v) is 3.87. The molecule has 0 aliphatic carbocycles. The van der Waals surface area contributed by atoms with Gasteiger partial charge in [0.15, 0.2) is 0 Å². The predicted molar refractivity (Wildman–Crippen MR) is 122 cm³/mol. The lowest BCUT2D eigenvalue weighted by atomic mass is 9.86. The number of nitrogens with one attached hydrogen (secondary N) is 1. The van der Waals surface area contributed by atoms with E-state index < -0.39 is 0 Å². The summed E-state index contributed by atoms with van der Waals surface area (Å²) in [6.07, 6.45) is 2.45. The van der Waals surface area contributed by atoms with E-state index in [1.807, 2.05) is 48.5 Å². The number of carbonyl (C=O) groups is 2. The van der Waals surface area contributed by atoms with Crippen molar-refractivity contribution in [2.45, 2.75) is 31.4 Å². The molecule has 7 nitrogen and oxygen atoms in total. The first-order valence-electron chi connectivity index (χ1n) is 9.88. The number of carbonyl (C=O) groups excluding carboxylic acids is 2. The molecule has 31 heavy (non-hydrogen) atoms. The van der Waals surface area contributed by atoms with Crippen LogP contribution in [0.3, 0.4) is 0 Å². The Labute approximate surface area is 191 Å². The van der Waals surface area contributed by atoms with Crippen molar-refractivity contribution >= 4 is 46.9 Å². The number of primary amides is 1. The molecule has 2 aromatic carbocycles. The topological polar surface area (TPSA) is 97.0 Å². The summed E-state index contributed by atoms with van der Waals surface area (Å²) in [5, 5.41) is 8.41. The number of benzene rings is 2. The largest absolute Gasteiger partial charge is 0.388 e. The Morgan fingerprint density at radius 1 is 1.10 bits per heavy atom. The normalized spacial score (nSPS) is 16.6. The Balaban J connectivity index is 0.000000858. The minimum absolute atomic E-state index is 0.174. The Bertz CT molecular complexity index is 925. The SMILES string of the molecule is NC=O.O=C(NCc1ccc(Cl)cc1)C1=NOC2(CCN(c3ccc(Cl)cc3)CC2)C1. The van der Waals surface area contributed by atoms with E-state index in [1.54, 1.807) is 0 Å². The molecule has 0 unspecified atom stereocenters. The van der Waals surface area contributed by atoms with Crippen molar-refractivity contribution in [3.05, 3.63) is 64.1 Å². The molecule has 164 valence electrons. The molecule has 2 aliphatic heterocycles. The first-order chi connectivity index (χ1) is 14.9. The summed E-state index contributed by atoms with van der Waals surface area (Å²) in [5.41, 5.74) is 6.41. The molecule has 1 saturated heterocycles. The van der Waals surface area contributed by atoms with Gasteiger partial charge in [0.25, 0.3) is 5.91 Å². The predicted octanol–water partition coefficient (Wildman–Crippen LogP) is 3.53. The van der Waals surface area contributed by atoms with Crippen molar-refractivity contribution in [3.63, 3.8) is 0 Å². The third kappa shape index (κ3) is 6.12. The highest BCUT2D eigenvalue weighted by molar-refractivity contribution is 6.39. The van der Waals surface area contributed by atoms with Gasteiger partial charge in [-0.15, -0.1) is 0 Å². The van der Waals surface area contributed by atoms with Gasteiger partial charge in [0.05, 0.1) is 0 Å². The van der Waals surface area contributed by atoms with Gasteiger partial charge in [-0.25, -0.2) is 0 Å². The molecular weight excluding hydrogens is 439 g/mol. The van der Waals surface area contributed by atoms with Crippen LogP contribution in [0.25, 0.3) is 0 Å². The van der Waals surface area contributed by atoms with Gasteiger partial charge in [0.1, 0.15) is 11.3 Å². The van der Waals surface area contributed by atoms with Crippen LogP contribution in [-0.4, -0.2) is 36.7 Å². The Morgan fingerprint density at radius 2 is 1.65 bits per heavy atom. The second-order valence-corrected chi connectivity index (χ2v) is 8.27. The second-order valence-electron chi connectivity index (χ2n) is 7.40. The zero-order chi connectivity index (χ0) is 22.3. The van der Waals surface area contributed by atoms with Gasteiger partial charge in [0, 0.05) is 54.6 Å². The maximum absolute atomic E-state index is 12.5. The number of amides is 2. The molecule has 4 rings (SSSR count). The maximum Gasteiger partial charge on any atom is 0.269 e. The molecule has 2 aliphatic rings. The molecule has 2 heterocycles. The number of nitrogens with zero attached hydrogens (tertiary/aromatic N) is 2. The van der Waals surface area contributed by atoms with Crippen molar-refractivity contribution in [2.24, 2.45) is 10.9 Å². The number of anilines is 1. The Kier molecular flexibility index (Phi) is 7.76. The molecule has 0 aromatic heterocycles. The third-order valence-electron chi connectivity index (χ3n) is 5.33. The van der Waals surface area contributed by atoms with E-state index in [2.05, 4.69) is 21.1 Å². The standard InChI is InChI=1S/C21H21Cl2N3O2.CH3NO/c22-16-3-1-15(2-4-16)14-24-20(27)19-13-21(28-25-19)9-11-26(12-10-21)18-7-5-17(23)6-8-18;2-1-3/h1-8H,9-14H2,(H,24,27);1H,(H2,2,3). The van der Waals surface area contributed by atoms with Crippen molar-refractivity contribution in [1.82, 2.24) is 5.32 Å². The Morgan fingerprint density at radius 3 is 2.23 bits per heavy atom. The van der Waals surface area contributed by atoms with Gasteiger partial charge >= 0.3 is 0 Å². The lowest BCUT2D eigenvalue weighted by Crippen LogP contribution is -2.45. The minimum Gasteiger partial charge on any atom is -0.388 e. The number of nitrogens with two attached hydrogens (primary N) is 1. The number of rotatable bonds is 4. The van der Waals surface area contributed by atoms with Gasteiger partial charge in [0.2, 0.25) is 6.41 Å². The first kappa shape index (κ1) is 22.9. The quantitative estimate of drug-likeness (QED) is 0.678. The van der Waals surface area contributed by atoms with Crippen molar-refractivity contribution in [2.75, 3.05) is 18.0 Å². The third-order valence-corrected chi connectivity index (χ3v) is 5.84. The summed E-state index contributed by atoms with van der Waals surface area (Å²) in [6.45, 7) is 2.15. The van der Waals surface area contributed by atoms with Gasteiger partial charge in [-0.05, 0) is 42.0 Å². The van der Waals surface area contributed by atoms with Gasteiger partial charge in [-0.1, -0.05) is 40.5 Å². The summed E-state index contributed by atoms with van der Waals surface area (Å²) in [5.74, 6) is -0.174. The van der Waals surface area contributed by atoms with Crippen LogP contribution in [0.5, 0.6) is 0 Å². The van der Waals surface area contributed by atoms with Crippen LogP contribution in [-0.2, 0) is 21.0 Å². The number of hydrogen-bond acceptors (Lipinski definition) is 5. The number of hydrogen-bond donors (Lipinski definition) is 2. The van der Waals surface area contributed by atoms with Crippen molar-refractivity contribution in [3.8, 4) is 0 Å². The summed E-state index contributed by atoms with van der Waals surface area (Å²) < 4.78 is 0. The van der Waals surface area contributed by atoms with Gasteiger partial charge < -0.3 is 20.8 Å². The monoisotopic (exact) mass is 462 g/mol. The fraction of sp³-hybridized carbons (Fsp3) is 0.318. The van der Waals surface area contributed by atoms with E-state index in [1.165, 1.54) is 0 Å².